The van der Waals surface area contributed by atoms with Crippen LogP contribution >= 0.6 is 0 Å². The summed E-state index contributed by atoms with van der Waals surface area (Å²) in [5.41, 5.74) is 2.72. The molecule has 2 atom stereocenters. The molecule has 1 N–H and O–H groups in total. The first-order valence-electron chi connectivity index (χ1n) is 10.7. The highest BCUT2D eigenvalue weighted by atomic mass is 16.5. The summed E-state index contributed by atoms with van der Waals surface area (Å²) in [5.74, 6) is 2.13. The zero-order chi connectivity index (χ0) is 22.3. The van der Waals surface area contributed by atoms with Gasteiger partial charge in [0.15, 0.2) is 11.5 Å². The number of hydrogen-bond acceptors (Lipinski definition) is 4. The van der Waals surface area contributed by atoms with Gasteiger partial charge in [-0.1, -0.05) is 20.8 Å². The topological polar surface area (TPSA) is 73.0 Å². The van der Waals surface area contributed by atoms with Crippen LogP contribution in [0.1, 0.15) is 49.5 Å². The van der Waals surface area contributed by atoms with Gasteiger partial charge >= 0.3 is 5.97 Å². The fourth-order valence-electron chi connectivity index (χ4n) is 4.97. The standard InChI is InChI=1S/C24H28N4O3/c1-13-9-15(3)21(16(4)10-13)31-24(29)20-18(25-5)12-28-23(20)26-22(27-28)17-7-8-19(30-6)14(2)11-17/h7-8,11-13,15-16,21H,9-10H2,1-4,6H3,(H,26,27). The van der Waals surface area contributed by atoms with Gasteiger partial charge in [0.1, 0.15) is 17.4 Å². The summed E-state index contributed by atoms with van der Waals surface area (Å²) in [7, 11) is 1.64. The molecule has 0 bridgehead atoms. The van der Waals surface area contributed by atoms with Gasteiger partial charge in [-0.3, -0.25) is 9.61 Å². The first kappa shape index (κ1) is 21.0. The van der Waals surface area contributed by atoms with Crippen LogP contribution in [0, 0.1) is 31.2 Å². The average Bonchev–Trinajstić information content (AvgIpc) is 3.27. The van der Waals surface area contributed by atoms with Gasteiger partial charge in [0.2, 0.25) is 5.69 Å². The quantitative estimate of drug-likeness (QED) is 0.451. The Hall–Kier alpha value is -3.27. The van der Waals surface area contributed by atoms with Crippen molar-refractivity contribution in [2.24, 2.45) is 17.8 Å². The van der Waals surface area contributed by atoms with E-state index in [1.807, 2.05) is 25.1 Å². The number of rotatable bonds is 4. The lowest BCUT2D eigenvalue weighted by Gasteiger charge is -2.37. The van der Waals surface area contributed by atoms with Crippen LogP contribution in [0.15, 0.2) is 24.4 Å². The number of H-pyrrole nitrogens is 1. The summed E-state index contributed by atoms with van der Waals surface area (Å²) in [4.78, 5) is 21.3. The van der Waals surface area contributed by atoms with Gasteiger partial charge in [0.25, 0.3) is 0 Å². The van der Waals surface area contributed by atoms with Crippen molar-refractivity contribution in [1.82, 2.24) is 14.6 Å². The minimum absolute atomic E-state index is 0.153. The van der Waals surface area contributed by atoms with Crippen molar-refractivity contribution >= 4 is 17.3 Å². The van der Waals surface area contributed by atoms with Gasteiger partial charge < -0.3 is 9.47 Å². The van der Waals surface area contributed by atoms with E-state index < -0.39 is 5.97 Å². The fourth-order valence-corrected chi connectivity index (χ4v) is 4.97. The molecule has 2 aromatic heterocycles. The van der Waals surface area contributed by atoms with Crippen molar-refractivity contribution < 1.29 is 14.3 Å². The molecule has 0 amide bonds. The molecule has 1 saturated carbocycles. The van der Waals surface area contributed by atoms with E-state index in [1.165, 1.54) is 0 Å². The summed E-state index contributed by atoms with van der Waals surface area (Å²) in [6.45, 7) is 16.0. The first-order chi connectivity index (χ1) is 14.8. The van der Waals surface area contributed by atoms with E-state index in [-0.39, 0.29) is 29.2 Å². The van der Waals surface area contributed by atoms with Gasteiger partial charge in [0.05, 0.1) is 13.7 Å². The zero-order valence-electron chi connectivity index (χ0n) is 18.6. The molecular formula is C24H28N4O3. The van der Waals surface area contributed by atoms with Crippen LogP contribution in [-0.2, 0) is 4.74 Å². The van der Waals surface area contributed by atoms with Gasteiger partial charge in [-0.15, -0.1) is 0 Å². The number of nitrogens with zero attached hydrogens (tertiary/aromatic N) is 3. The van der Waals surface area contributed by atoms with Crippen molar-refractivity contribution in [3.05, 3.63) is 46.9 Å². The van der Waals surface area contributed by atoms with Crippen LogP contribution in [0.2, 0.25) is 0 Å². The van der Waals surface area contributed by atoms with Crippen molar-refractivity contribution in [1.29, 1.82) is 0 Å². The smallest absolute Gasteiger partial charge is 0.331 e. The predicted octanol–water partition coefficient (Wildman–Crippen LogP) is 5.42. The highest BCUT2D eigenvalue weighted by Crippen LogP contribution is 2.37. The number of fused-ring (bicyclic) bond motifs is 1. The van der Waals surface area contributed by atoms with E-state index in [2.05, 4.69) is 35.7 Å². The minimum Gasteiger partial charge on any atom is -0.496 e. The maximum Gasteiger partial charge on any atom is 0.331 e. The number of nitrogens with one attached hydrogen (secondary N) is 1. The number of carbonyl (C=O) groups excluding carboxylic acids is 1. The minimum atomic E-state index is -0.476. The SMILES string of the molecule is [C-]#[N+]c1cn2[nH]c(-c3ccc(OC)c(C)c3)nc2c1C(=O)OC1C(C)CC(C)CC1C. The Balaban J connectivity index is 1.68. The first-order valence-corrected chi connectivity index (χ1v) is 10.7. The van der Waals surface area contributed by atoms with E-state index in [1.54, 1.807) is 17.8 Å². The Morgan fingerprint density at radius 2 is 1.97 bits per heavy atom. The Morgan fingerprint density at radius 3 is 2.58 bits per heavy atom. The van der Waals surface area contributed by atoms with Gasteiger partial charge in [-0.05, 0) is 61.3 Å². The van der Waals surface area contributed by atoms with Crippen molar-refractivity contribution in [2.75, 3.05) is 7.11 Å². The molecule has 2 heterocycles. The molecule has 0 radical (unpaired) electrons. The number of aryl methyl sites for hydroxylation is 1. The Bertz CT molecular complexity index is 1160. The number of carbonyl (C=O) groups is 1. The van der Waals surface area contributed by atoms with Gasteiger partial charge in [-0.2, -0.15) is 0 Å². The summed E-state index contributed by atoms with van der Waals surface area (Å²) >= 11 is 0. The lowest BCUT2D eigenvalue weighted by Crippen LogP contribution is -2.37. The number of hydrogen-bond donors (Lipinski definition) is 1. The monoisotopic (exact) mass is 420 g/mol. The molecule has 0 spiro atoms. The van der Waals surface area contributed by atoms with Crippen molar-refractivity contribution in [2.45, 2.75) is 46.6 Å². The Labute approximate surface area is 182 Å². The highest BCUT2D eigenvalue weighted by molar-refractivity contribution is 6.03. The molecule has 4 rings (SSSR count). The number of methoxy groups -OCH3 is 1. The second-order valence-corrected chi connectivity index (χ2v) is 8.85. The number of benzene rings is 1. The summed E-state index contributed by atoms with van der Waals surface area (Å²) < 4.78 is 12.9. The van der Waals surface area contributed by atoms with E-state index in [9.17, 15) is 4.79 Å². The highest BCUT2D eigenvalue weighted by Gasteiger charge is 2.35. The predicted molar refractivity (Wildman–Crippen MR) is 118 cm³/mol. The molecule has 1 fully saturated rings. The third-order valence-corrected chi connectivity index (χ3v) is 6.31. The largest absolute Gasteiger partial charge is 0.496 e. The number of esters is 1. The van der Waals surface area contributed by atoms with Crippen LogP contribution in [0.3, 0.4) is 0 Å². The molecule has 162 valence electrons. The fraction of sp³-hybridized carbons (Fsp3) is 0.458. The van der Waals surface area contributed by atoms with Crippen molar-refractivity contribution in [3.63, 3.8) is 0 Å². The molecule has 0 aliphatic heterocycles. The molecule has 1 aromatic carbocycles. The molecule has 7 heteroatoms. The second kappa shape index (κ2) is 8.10. The molecule has 2 unspecified atom stereocenters. The lowest BCUT2D eigenvalue weighted by molar-refractivity contribution is -0.0249. The van der Waals surface area contributed by atoms with Gasteiger partial charge in [-0.25, -0.2) is 14.6 Å². The summed E-state index contributed by atoms with van der Waals surface area (Å²) in [6, 6.07) is 5.76. The zero-order valence-corrected chi connectivity index (χ0v) is 18.6. The molecular weight excluding hydrogens is 392 g/mol. The maximum atomic E-state index is 13.2. The normalized spacial score (nSPS) is 23.5. The lowest BCUT2D eigenvalue weighted by atomic mass is 9.75. The third-order valence-electron chi connectivity index (χ3n) is 6.31. The van der Waals surface area contributed by atoms with Crippen molar-refractivity contribution in [3.8, 4) is 17.1 Å². The Kier molecular flexibility index (Phi) is 5.48. The molecule has 0 saturated heterocycles. The number of aromatic nitrogens is 3. The van der Waals surface area contributed by atoms with Crippen LogP contribution in [0.5, 0.6) is 5.75 Å². The molecule has 1 aliphatic carbocycles. The van der Waals surface area contributed by atoms with Gasteiger partial charge in [0, 0.05) is 11.8 Å². The number of aromatic amines is 1. The Morgan fingerprint density at radius 1 is 1.26 bits per heavy atom. The van der Waals surface area contributed by atoms with E-state index >= 15 is 0 Å². The number of ether oxygens (including phenoxy) is 2. The van der Waals surface area contributed by atoms with E-state index in [0.29, 0.717) is 17.4 Å². The molecule has 1 aliphatic rings. The van der Waals surface area contributed by atoms with Crippen LogP contribution in [0.4, 0.5) is 5.69 Å². The summed E-state index contributed by atoms with van der Waals surface area (Å²) in [6.07, 6.45) is 3.51. The average molecular weight is 421 g/mol. The van der Waals surface area contributed by atoms with Crippen LogP contribution in [0.25, 0.3) is 21.9 Å². The van der Waals surface area contributed by atoms with E-state index in [4.69, 9.17) is 16.0 Å². The van der Waals surface area contributed by atoms with Crippen LogP contribution < -0.4 is 4.74 Å². The second-order valence-electron chi connectivity index (χ2n) is 8.85. The third kappa shape index (κ3) is 3.78. The van der Waals surface area contributed by atoms with Crippen LogP contribution in [-0.4, -0.2) is 33.8 Å². The summed E-state index contributed by atoms with van der Waals surface area (Å²) in [5, 5.41) is 3.17. The van der Waals surface area contributed by atoms with E-state index in [0.717, 1.165) is 29.7 Å². The maximum absolute atomic E-state index is 13.2. The molecule has 31 heavy (non-hydrogen) atoms. The molecule has 3 aromatic rings. The molecule has 7 nitrogen and oxygen atoms in total.